The minimum absolute atomic E-state index is 0.110. The lowest BCUT2D eigenvalue weighted by atomic mass is 9.95. The lowest BCUT2D eigenvalue weighted by molar-refractivity contribution is -0.122. The summed E-state index contributed by atoms with van der Waals surface area (Å²) in [5, 5.41) is 4.37. The van der Waals surface area contributed by atoms with E-state index in [1.807, 2.05) is 38.4 Å². The van der Waals surface area contributed by atoms with Gasteiger partial charge in [0.15, 0.2) is 0 Å². The van der Waals surface area contributed by atoms with Crippen LogP contribution in [0.1, 0.15) is 51.4 Å². The van der Waals surface area contributed by atoms with Gasteiger partial charge in [-0.3, -0.25) is 9.48 Å². The van der Waals surface area contributed by atoms with Crippen LogP contribution in [0.4, 0.5) is 0 Å². The van der Waals surface area contributed by atoms with E-state index in [-0.39, 0.29) is 12.0 Å². The first kappa shape index (κ1) is 15.9. The maximum Gasteiger partial charge on any atom is 0.141 e. The normalized spacial score (nSPS) is 14.4. The summed E-state index contributed by atoms with van der Waals surface area (Å²) in [7, 11) is 0. The Balaban J connectivity index is 2.49. The van der Waals surface area contributed by atoms with E-state index < -0.39 is 0 Å². The highest BCUT2D eigenvalue weighted by Gasteiger charge is 2.16. The van der Waals surface area contributed by atoms with Gasteiger partial charge >= 0.3 is 0 Å². The SMILES string of the molecule is CCn1nc(C)cc1CC(=O)C(C)CCCC(C)N. The first-order chi connectivity index (χ1) is 8.93. The molecule has 2 atom stereocenters. The van der Waals surface area contributed by atoms with Gasteiger partial charge in [-0.2, -0.15) is 5.10 Å². The van der Waals surface area contributed by atoms with Gasteiger partial charge in [0.05, 0.1) is 5.69 Å². The average Bonchev–Trinajstić information content (AvgIpc) is 2.68. The second-order valence-corrected chi connectivity index (χ2v) is 5.55. The lowest BCUT2D eigenvalue weighted by Gasteiger charge is -2.12. The molecule has 0 aromatic carbocycles. The van der Waals surface area contributed by atoms with Gasteiger partial charge in [0.2, 0.25) is 0 Å². The van der Waals surface area contributed by atoms with E-state index in [0.717, 1.165) is 37.2 Å². The third-order valence-corrected chi connectivity index (χ3v) is 3.49. The Labute approximate surface area is 116 Å². The van der Waals surface area contributed by atoms with Crippen LogP contribution in [-0.4, -0.2) is 21.6 Å². The van der Waals surface area contributed by atoms with Crippen LogP contribution in [0.15, 0.2) is 6.07 Å². The van der Waals surface area contributed by atoms with Crippen LogP contribution in [0, 0.1) is 12.8 Å². The molecule has 0 bridgehead atoms. The molecule has 0 aliphatic carbocycles. The topological polar surface area (TPSA) is 60.9 Å². The van der Waals surface area contributed by atoms with Gasteiger partial charge in [-0.25, -0.2) is 0 Å². The molecule has 4 heteroatoms. The molecule has 1 aromatic heterocycles. The Morgan fingerprint density at radius 1 is 1.42 bits per heavy atom. The Morgan fingerprint density at radius 3 is 2.68 bits per heavy atom. The number of ketones is 1. The molecule has 0 spiro atoms. The zero-order valence-corrected chi connectivity index (χ0v) is 12.6. The highest BCUT2D eigenvalue weighted by Crippen LogP contribution is 2.14. The van der Waals surface area contributed by atoms with Crippen molar-refractivity contribution in [1.29, 1.82) is 0 Å². The number of hydrogen-bond donors (Lipinski definition) is 1. The van der Waals surface area contributed by atoms with Crippen molar-refractivity contribution in [1.82, 2.24) is 9.78 Å². The predicted molar refractivity (Wildman–Crippen MR) is 78.0 cm³/mol. The highest BCUT2D eigenvalue weighted by atomic mass is 16.1. The van der Waals surface area contributed by atoms with E-state index in [2.05, 4.69) is 5.10 Å². The molecule has 1 aromatic rings. The molecule has 0 saturated heterocycles. The van der Waals surface area contributed by atoms with Crippen LogP contribution in [0.3, 0.4) is 0 Å². The minimum Gasteiger partial charge on any atom is -0.328 e. The van der Waals surface area contributed by atoms with Gasteiger partial charge in [-0.1, -0.05) is 13.3 Å². The smallest absolute Gasteiger partial charge is 0.141 e. The molecule has 0 radical (unpaired) electrons. The molecule has 108 valence electrons. The third-order valence-electron chi connectivity index (χ3n) is 3.49. The molecule has 19 heavy (non-hydrogen) atoms. The molecule has 0 aliphatic rings. The van der Waals surface area contributed by atoms with E-state index >= 15 is 0 Å². The molecular formula is C15H27N3O. The van der Waals surface area contributed by atoms with Crippen molar-refractivity contribution in [3.8, 4) is 0 Å². The summed E-state index contributed by atoms with van der Waals surface area (Å²) in [6, 6.07) is 2.24. The molecule has 4 nitrogen and oxygen atoms in total. The number of carbonyl (C=O) groups is 1. The van der Waals surface area contributed by atoms with Crippen molar-refractivity contribution in [2.75, 3.05) is 0 Å². The van der Waals surface area contributed by atoms with Crippen molar-refractivity contribution >= 4 is 5.78 Å². The molecule has 0 amide bonds. The van der Waals surface area contributed by atoms with Crippen LogP contribution in [0.25, 0.3) is 0 Å². The van der Waals surface area contributed by atoms with Gasteiger partial charge < -0.3 is 5.73 Å². The highest BCUT2D eigenvalue weighted by molar-refractivity contribution is 5.82. The lowest BCUT2D eigenvalue weighted by Crippen LogP contribution is -2.18. The van der Waals surface area contributed by atoms with Gasteiger partial charge in [0.25, 0.3) is 0 Å². The molecule has 0 aliphatic heterocycles. The van der Waals surface area contributed by atoms with Crippen LogP contribution >= 0.6 is 0 Å². The van der Waals surface area contributed by atoms with Crippen molar-refractivity contribution in [3.63, 3.8) is 0 Å². The Bertz CT molecular complexity index is 410. The quantitative estimate of drug-likeness (QED) is 0.785. The first-order valence-corrected chi connectivity index (χ1v) is 7.25. The number of rotatable bonds is 8. The van der Waals surface area contributed by atoms with Gasteiger partial charge in [-0.05, 0) is 39.7 Å². The van der Waals surface area contributed by atoms with E-state index in [0.29, 0.717) is 12.2 Å². The number of Topliss-reactive ketones (excluding diaryl/α,β-unsaturated/α-hetero) is 1. The molecule has 1 heterocycles. The van der Waals surface area contributed by atoms with Crippen LogP contribution < -0.4 is 5.73 Å². The summed E-state index contributed by atoms with van der Waals surface area (Å²) in [5.41, 5.74) is 7.73. The average molecular weight is 265 g/mol. The van der Waals surface area contributed by atoms with E-state index in [4.69, 9.17) is 5.73 Å². The summed E-state index contributed by atoms with van der Waals surface area (Å²) < 4.78 is 1.92. The van der Waals surface area contributed by atoms with Crippen molar-refractivity contribution in [3.05, 3.63) is 17.5 Å². The molecular weight excluding hydrogens is 238 g/mol. The van der Waals surface area contributed by atoms with Crippen molar-refractivity contribution < 1.29 is 4.79 Å². The fourth-order valence-electron chi connectivity index (χ4n) is 2.27. The summed E-state index contributed by atoms with van der Waals surface area (Å²) in [5.74, 6) is 0.415. The maximum absolute atomic E-state index is 12.2. The molecule has 1 rings (SSSR count). The first-order valence-electron chi connectivity index (χ1n) is 7.25. The number of nitrogens with two attached hydrogens (primary N) is 1. The molecule has 2 N–H and O–H groups in total. The Morgan fingerprint density at radius 2 is 2.11 bits per heavy atom. The molecule has 0 saturated carbocycles. The minimum atomic E-state index is 0.110. The van der Waals surface area contributed by atoms with Crippen molar-refractivity contribution in [2.24, 2.45) is 11.7 Å². The fraction of sp³-hybridized carbons (Fsp3) is 0.733. The van der Waals surface area contributed by atoms with Gasteiger partial charge in [0.1, 0.15) is 5.78 Å². The van der Waals surface area contributed by atoms with Gasteiger partial charge in [-0.15, -0.1) is 0 Å². The number of carbonyl (C=O) groups excluding carboxylic acids is 1. The number of aryl methyl sites for hydroxylation is 2. The molecule has 0 fully saturated rings. The zero-order chi connectivity index (χ0) is 14.4. The Hall–Kier alpha value is -1.16. The summed E-state index contributed by atoms with van der Waals surface area (Å²) in [6.45, 7) is 8.85. The van der Waals surface area contributed by atoms with Crippen LogP contribution in [-0.2, 0) is 17.8 Å². The second kappa shape index (κ2) is 7.43. The zero-order valence-electron chi connectivity index (χ0n) is 12.6. The van der Waals surface area contributed by atoms with Crippen LogP contribution in [0.5, 0.6) is 0 Å². The number of nitrogens with zero attached hydrogens (tertiary/aromatic N) is 2. The standard InChI is InChI=1S/C15H27N3O/c1-5-18-14(9-13(4)17-18)10-15(19)11(2)7-6-8-12(3)16/h9,11-12H,5-8,10,16H2,1-4H3. The number of hydrogen-bond acceptors (Lipinski definition) is 3. The van der Waals surface area contributed by atoms with Crippen LogP contribution in [0.2, 0.25) is 0 Å². The van der Waals surface area contributed by atoms with E-state index in [9.17, 15) is 4.79 Å². The third kappa shape index (κ3) is 5.15. The monoisotopic (exact) mass is 265 g/mol. The largest absolute Gasteiger partial charge is 0.328 e. The summed E-state index contributed by atoms with van der Waals surface area (Å²) in [4.78, 5) is 12.2. The molecule has 2 unspecified atom stereocenters. The number of aromatic nitrogens is 2. The second-order valence-electron chi connectivity index (χ2n) is 5.55. The van der Waals surface area contributed by atoms with E-state index in [1.54, 1.807) is 0 Å². The van der Waals surface area contributed by atoms with Gasteiger partial charge in [0, 0.05) is 30.6 Å². The predicted octanol–water partition coefficient (Wildman–Crippen LogP) is 2.48. The fourth-order valence-corrected chi connectivity index (χ4v) is 2.27. The summed E-state index contributed by atoms with van der Waals surface area (Å²) >= 11 is 0. The Kier molecular flexibility index (Phi) is 6.22. The van der Waals surface area contributed by atoms with E-state index in [1.165, 1.54) is 0 Å². The maximum atomic E-state index is 12.2. The van der Waals surface area contributed by atoms with Crippen molar-refractivity contribution in [2.45, 2.75) is 66.0 Å². The summed E-state index contributed by atoms with van der Waals surface area (Å²) in [6.07, 6.45) is 3.44.